The topological polar surface area (TPSA) is 77.5 Å². The predicted octanol–water partition coefficient (Wildman–Crippen LogP) is 2.74. The zero-order valence-electron chi connectivity index (χ0n) is 11.2. The molecule has 0 saturated carbocycles. The fourth-order valence-electron chi connectivity index (χ4n) is 1.77. The molecule has 23 heavy (non-hydrogen) atoms. The van der Waals surface area contributed by atoms with Gasteiger partial charge in [-0.2, -0.15) is 4.68 Å². The van der Waals surface area contributed by atoms with Crippen LogP contribution in [0.2, 0.25) is 0 Å². The fraction of sp³-hybridized carbons (Fsp3) is 0. The van der Waals surface area contributed by atoms with E-state index in [1.54, 1.807) is 0 Å². The minimum atomic E-state index is -1.09. The number of aromatic nitrogens is 2. The molecule has 0 fully saturated rings. The Morgan fingerprint density at radius 1 is 1.09 bits per heavy atom. The third-order valence-electron chi connectivity index (χ3n) is 2.78. The molecular formula is C14H7F3N2O4. The van der Waals surface area contributed by atoms with Crippen molar-refractivity contribution in [2.75, 3.05) is 0 Å². The van der Waals surface area contributed by atoms with Gasteiger partial charge >= 0.3 is 11.8 Å². The molecule has 2 aromatic carbocycles. The van der Waals surface area contributed by atoms with Crippen LogP contribution in [0.3, 0.4) is 0 Å². The van der Waals surface area contributed by atoms with Crippen LogP contribution in [-0.2, 0) is 0 Å². The lowest BCUT2D eigenvalue weighted by Crippen LogP contribution is -2.14. The molecule has 0 aliphatic carbocycles. The molecule has 0 saturated heterocycles. The Hall–Kier alpha value is -3.23. The molecule has 0 spiro atoms. The third kappa shape index (κ3) is 2.89. The number of aromatic hydroxyl groups is 1. The number of ether oxygens (including phenoxy) is 1. The molecule has 3 rings (SSSR count). The van der Waals surface area contributed by atoms with E-state index in [2.05, 4.69) is 9.52 Å². The van der Waals surface area contributed by atoms with E-state index in [1.807, 2.05) is 0 Å². The van der Waals surface area contributed by atoms with Gasteiger partial charge in [0.25, 0.3) is 0 Å². The highest BCUT2D eigenvalue weighted by atomic mass is 19.1. The van der Waals surface area contributed by atoms with Gasteiger partial charge in [-0.15, -0.1) is 0 Å². The van der Waals surface area contributed by atoms with Crippen LogP contribution in [0.5, 0.6) is 17.6 Å². The maximum absolute atomic E-state index is 13.7. The summed E-state index contributed by atoms with van der Waals surface area (Å²) in [7, 11) is 0. The van der Waals surface area contributed by atoms with Crippen molar-refractivity contribution in [3.8, 4) is 23.3 Å². The number of phenolic OH excluding ortho intramolecular Hbond substituents is 1. The first-order valence-electron chi connectivity index (χ1n) is 6.16. The normalized spacial score (nSPS) is 10.7. The maximum atomic E-state index is 13.7. The Labute approximate surface area is 126 Å². The van der Waals surface area contributed by atoms with Crippen molar-refractivity contribution in [2.24, 2.45) is 0 Å². The first-order chi connectivity index (χ1) is 10.9. The molecule has 1 heterocycles. The summed E-state index contributed by atoms with van der Waals surface area (Å²) in [5.74, 6) is -4.63. The number of hydrogen-bond acceptors (Lipinski definition) is 5. The van der Waals surface area contributed by atoms with Crippen molar-refractivity contribution < 1.29 is 27.4 Å². The van der Waals surface area contributed by atoms with Crippen LogP contribution in [0.4, 0.5) is 13.2 Å². The van der Waals surface area contributed by atoms with Crippen molar-refractivity contribution in [3.63, 3.8) is 0 Å². The Balaban J connectivity index is 1.96. The van der Waals surface area contributed by atoms with Crippen molar-refractivity contribution in [1.29, 1.82) is 0 Å². The molecular weight excluding hydrogens is 317 g/mol. The van der Waals surface area contributed by atoms with Crippen molar-refractivity contribution in [1.82, 2.24) is 9.78 Å². The van der Waals surface area contributed by atoms with Crippen molar-refractivity contribution >= 4 is 0 Å². The quantitative estimate of drug-likeness (QED) is 0.801. The van der Waals surface area contributed by atoms with E-state index in [1.165, 1.54) is 0 Å². The number of benzene rings is 2. The smallest absolute Gasteiger partial charge is 0.444 e. The SMILES string of the molecule is O=c1oc(Oc2ccc(F)cc2F)nn1-c1ccc(O)cc1F. The lowest BCUT2D eigenvalue weighted by molar-refractivity contribution is 0.308. The first-order valence-corrected chi connectivity index (χ1v) is 6.16. The zero-order chi connectivity index (χ0) is 16.6. The largest absolute Gasteiger partial charge is 0.508 e. The van der Waals surface area contributed by atoms with Crippen LogP contribution in [0, 0.1) is 17.5 Å². The summed E-state index contributed by atoms with van der Waals surface area (Å²) in [4.78, 5) is 11.7. The molecule has 1 N–H and O–H groups in total. The molecule has 0 atom stereocenters. The van der Waals surface area contributed by atoms with Crippen LogP contribution >= 0.6 is 0 Å². The van der Waals surface area contributed by atoms with Crippen LogP contribution < -0.4 is 10.5 Å². The van der Waals surface area contributed by atoms with Gasteiger partial charge in [0.05, 0.1) is 0 Å². The molecule has 3 aromatic rings. The average Bonchev–Trinajstić information content (AvgIpc) is 2.83. The summed E-state index contributed by atoms with van der Waals surface area (Å²) in [5, 5.41) is 12.7. The van der Waals surface area contributed by atoms with E-state index in [-0.39, 0.29) is 11.4 Å². The highest BCUT2D eigenvalue weighted by molar-refractivity contribution is 5.37. The van der Waals surface area contributed by atoms with Gasteiger partial charge in [0.15, 0.2) is 17.4 Å². The molecule has 9 heteroatoms. The second-order valence-electron chi connectivity index (χ2n) is 4.36. The van der Waals surface area contributed by atoms with Gasteiger partial charge < -0.3 is 14.3 Å². The molecule has 0 aliphatic heterocycles. The number of halogens is 3. The monoisotopic (exact) mass is 324 g/mol. The van der Waals surface area contributed by atoms with Gasteiger partial charge in [0.1, 0.15) is 17.3 Å². The summed E-state index contributed by atoms with van der Waals surface area (Å²) in [6.07, 6.45) is -0.659. The van der Waals surface area contributed by atoms with E-state index < -0.39 is 35.0 Å². The second-order valence-corrected chi connectivity index (χ2v) is 4.36. The van der Waals surface area contributed by atoms with Gasteiger partial charge in [-0.1, -0.05) is 5.10 Å². The highest BCUT2D eigenvalue weighted by Crippen LogP contribution is 2.24. The molecule has 0 unspecified atom stereocenters. The molecule has 0 radical (unpaired) electrons. The average molecular weight is 324 g/mol. The van der Waals surface area contributed by atoms with Crippen LogP contribution in [0.1, 0.15) is 0 Å². The summed E-state index contributed by atoms with van der Waals surface area (Å²) in [6, 6.07) is 5.50. The Morgan fingerprint density at radius 3 is 2.57 bits per heavy atom. The van der Waals surface area contributed by atoms with Gasteiger partial charge in [-0.3, -0.25) is 0 Å². The molecule has 6 nitrogen and oxygen atoms in total. The highest BCUT2D eigenvalue weighted by Gasteiger charge is 2.17. The minimum Gasteiger partial charge on any atom is -0.508 e. The number of nitrogens with zero attached hydrogens (tertiary/aromatic N) is 2. The summed E-state index contributed by atoms with van der Waals surface area (Å²) in [5.41, 5.74) is -0.300. The molecule has 118 valence electrons. The standard InChI is InChI=1S/C14H7F3N2O4/c15-7-1-4-12(10(17)5-7)22-13-18-19(14(21)23-13)11-3-2-8(20)6-9(11)16/h1-6,20H. The summed E-state index contributed by atoms with van der Waals surface area (Å²) < 4.78 is 50.0. The number of hydrogen-bond donors (Lipinski definition) is 1. The lowest BCUT2D eigenvalue weighted by atomic mass is 10.3. The first kappa shape index (κ1) is 14.7. The van der Waals surface area contributed by atoms with E-state index in [9.17, 15) is 18.0 Å². The van der Waals surface area contributed by atoms with E-state index in [0.29, 0.717) is 10.7 Å². The molecule has 0 aliphatic rings. The molecule has 0 bridgehead atoms. The van der Waals surface area contributed by atoms with Crippen molar-refractivity contribution in [3.05, 3.63) is 64.4 Å². The maximum Gasteiger partial charge on any atom is 0.444 e. The lowest BCUT2D eigenvalue weighted by Gasteiger charge is -2.02. The Bertz CT molecular complexity index is 936. The Morgan fingerprint density at radius 2 is 1.87 bits per heavy atom. The number of phenols is 1. The van der Waals surface area contributed by atoms with Gasteiger partial charge in [-0.25, -0.2) is 18.0 Å². The molecule has 1 aromatic heterocycles. The second kappa shape index (κ2) is 5.52. The molecule has 0 amide bonds. The Kier molecular flexibility index (Phi) is 3.53. The van der Waals surface area contributed by atoms with E-state index in [4.69, 9.17) is 9.84 Å². The van der Waals surface area contributed by atoms with Crippen LogP contribution in [0.15, 0.2) is 45.6 Å². The van der Waals surface area contributed by atoms with E-state index >= 15 is 0 Å². The van der Waals surface area contributed by atoms with Crippen molar-refractivity contribution in [2.45, 2.75) is 0 Å². The van der Waals surface area contributed by atoms with Gasteiger partial charge in [-0.05, 0) is 24.3 Å². The van der Waals surface area contributed by atoms with Gasteiger partial charge in [0.2, 0.25) is 0 Å². The fourth-order valence-corrected chi connectivity index (χ4v) is 1.77. The number of rotatable bonds is 3. The van der Waals surface area contributed by atoms with Gasteiger partial charge in [0, 0.05) is 12.1 Å². The third-order valence-corrected chi connectivity index (χ3v) is 2.78. The predicted molar refractivity (Wildman–Crippen MR) is 70.2 cm³/mol. The van der Waals surface area contributed by atoms with Crippen LogP contribution in [-0.4, -0.2) is 14.9 Å². The van der Waals surface area contributed by atoms with E-state index in [0.717, 1.165) is 30.3 Å². The minimum absolute atomic E-state index is 0.300. The summed E-state index contributed by atoms with van der Waals surface area (Å²) in [6.45, 7) is 0. The summed E-state index contributed by atoms with van der Waals surface area (Å²) >= 11 is 0. The van der Waals surface area contributed by atoms with Crippen LogP contribution in [0.25, 0.3) is 5.69 Å². The zero-order valence-corrected chi connectivity index (χ0v) is 11.2.